The van der Waals surface area contributed by atoms with Gasteiger partial charge in [-0.2, -0.15) is 0 Å². The number of halogens is 3. The van der Waals surface area contributed by atoms with Gasteiger partial charge in [0.25, 0.3) is 0 Å². The fourth-order valence-corrected chi connectivity index (χ4v) is 2.56. The molecule has 0 saturated carbocycles. The lowest BCUT2D eigenvalue weighted by atomic mass is 9.99. The molecule has 1 aromatic carbocycles. The second-order valence-electron chi connectivity index (χ2n) is 5.05. The van der Waals surface area contributed by atoms with E-state index in [0.29, 0.717) is 6.42 Å². The van der Waals surface area contributed by atoms with Crippen molar-refractivity contribution in [3.8, 4) is 0 Å². The van der Waals surface area contributed by atoms with Gasteiger partial charge in [-0.05, 0) is 38.2 Å². The van der Waals surface area contributed by atoms with Gasteiger partial charge in [0, 0.05) is 18.2 Å². The van der Waals surface area contributed by atoms with Gasteiger partial charge < -0.3 is 4.74 Å². The molecule has 1 aliphatic rings. The van der Waals surface area contributed by atoms with Gasteiger partial charge in [0.1, 0.15) is 0 Å². The van der Waals surface area contributed by atoms with Crippen LogP contribution in [-0.4, -0.2) is 12.7 Å². The molecule has 112 valence electrons. The lowest BCUT2D eigenvalue weighted by molar-refractivity contribution is 0.101. The van der Waals surface area contributed by atoms with Crippen molar-refractivity contribution in [2.75, 3.05) is 6.61 Å². The summed E-state index contributed by atoms with van der Waals surface area (Å²) in [6.45, 7) is 0.793. The highest BCUT2D eigenvalue weighted by Crippen LogP contribution is 2.26. The zero-order chi connectivity index (χ0) is 14.5. The van der Waals surface area contributed by atoms with E-state index in [1.54, 1.807) is 0 Å². The molecule has 6 heteroatoms. The third-order valence-electron chi connectivity index (χ3n) is 3.68. The van der Waals surface area contributed by atoms with Crippen molar-refractivity contribution < 1.29 is 17.9 Å². The summed E-state index contributed by atoms with van der Waals surface area (Å²) in [7, 11) is 0. The number of nitrogens with one attached hydrogen (secondary N) is 1. The zero-order valence-corrected chi connectivity index (χ0v) is 11.2. The fourth-order valence-electron chi connectivity index (χ4n) is 2.56. The molecule has 0 amide bonds. The van der Waals surface area contributed by atoms with Crippen LogP contribution in [0.25, 0.3) is 0 Å². The summed E-state index contributed by atoms with van der Waals surface area (Å²) in [5, 5.41) is 0. The topological polar surface area (TPSA) is 47.3 Å². The van der Waals surface area contributed by atoms with Gasteiger partial charge >= 0.3 is 0 Å². The second-order valence-corrected chi connectivity index (χ2v) is 5.05. The molecule has 1 fully saturated rings. The van der Waals surface area contributed by atoms with Crippen molar-refractivity contribution in [1.29, 1.82) is 0 Å². The Bertz CT molecular complexity index is 450. The summed E-state index contributed by atoms with van der Waals surface area (Å²) in [5.41, 5.74) is 2.52. The number of hydrogen-bond donors (Lipinski definition) is 2. The smallest absolute Gasteiger partial charge is 0.194 e. The molecule has 1 heterocycles. The standard InChI is InChI=1S/C14H19F3N2O/c15-11-7-6-10(13(16)14(11)17)12(19-18)5-1-3-9-4-2-8-20-9/h6-7,9,12,19H,1-5,8,18H2. The van der Waals surface area contributed by atoms with Crippen LogP contribution < -0.4 is 11.3 Å². The lowest BCUT2D eigenvalue weighted by Gasteiger charge is -2.18. The van der Waals surface area contributed by atoms with Crippen LogP contribution in [0.1, 0.15) is 43.7 Å². The number of hydrogen-bond acceptors (Lipinski definition) is 3. The van der Waals surface area contributed by atoms with E-state index in [4.69, 9.17) is 10.6 Å². The molecule has 0 aliphatic carbocycles. The summed E-state index contributed by atoms with van der Waals surface area (Å²) in [4.78, 5) is 0. The first-order chi connectivity index (χ1) is 9.63. The van der Waals surface area contributed by atoms with Gasteiger partial charge in [-0.1, -0.05) is 6.07 Å². The van der Waals surface area contributed by atoms with E-state index in [2.05, 4.69) is 5.43 Å². The molecule has 3 N–H and O–H groups in total. The number of hydrazine groups is 1. The predicted octanol–water partition coefficient (Wildman–Crippen LogP) is 2.96. The molecule has 1 saturated heterocycles. The van der Waals surface area contributed by atoms with Gasteiger partial charge in [-0.25, -0.2) is 13.2 Å². The van der Waals surface area contributed by atoms with Gasteiger partial charge in [0.15, 0.2) is 17.5 Å². The molecule has 0 spiro atoms. The van der Waals surface area contributed by atoms with Crippen LogP contribution in [0.3, 0.4) is 0 Å². The van der Waals surface area contributed by atoms with Crippen LogP contribution in [0.5, 0.6) is 0 Å². The normalized spacial score (nSPS) is 20.3. The Balaban J connectivity index is 1.95. The van der Waals surface area contributed by atoms with E-state index in [1.165, 1.54) is 6.07 Å². The molecule has 2 atom stereocenters. The Hall–Kier alpha value is -1.11. The van der Waals surface area contributed by atoms with Gasteiger partial charge in [0.2, 0.25) is 0 Å². The summed E-state index contributed by atoms with van der Waals surface area (Å²) in [5.74, 6) is 1.57. The average molecular weight is 288 g/mol. The lowest BCUT2D eigenvalue weighted by Crippen LogP contribution is -2.29. The minimum absolute atomic E-state index is 0.0544. The molecule has 0 aromatic heterocycles. The molecule has 2 unspecified atom stereocenters. The van der Waals surface area contributed by atoms with Crippen LogP contribution >= 0.6 is 0 Å². The molecule has 1 aliphatic heterocycles. The van der Waals surface area contributed by atoms with Crippen LogP contribution in [0.4, 0.5) is 13.2 Å². The predicted molar refractivity (Wildman–Crippen MR) is 69.2 cm³/mol. The second kappa shape index (κ2) is 7.06. The van der Waals surface area contributed by atoms with E-state index in [-0.39, 0.29) is 11.7 Å². The first-order valence-electron chi connectivity index (χ1n) is 6.84. The van der Waals surface area contributed by atoms with E-state index in [0.717, 1.165) is 38.4 Å². The molecule has 2 rings (SSSR count). The highest BCUT2D eigenvalue weighted by atomic mass is 19.2. The molecule has 1 aromatic rings. The van der Waals surface area contributed by atoms with Gasteiger partial charge in [-0.3, -0.25) is 11.3 Å². The summed E-state index contributed by atoms with van der Waals surface area (Å²) in [6.07, 6.45) is 4.55. The van der Waals surface area contributed by atoms with Crippen molar-refractivity contribution in [1.82, 2.24) is 5.43 Å². The van der Waals surface area contributed by atoms with Crippen molar-refractivity contribution in [2.24, 2.45) is 5.84 Å². The van der Waals surface area contributed by atoms with E-state index in [9.17, 15) is 13.2 Å². The number of rotatable bonds is 6. The first-order valence-corrected chi connectivity index (χ1v) is 6.84. The Morgan fingerprint density at radius 3 is 2.75 bits per heavy atom. The van der Waals surface area contributed by atoms with Crippen LogP contribution in [0, 0.1) is 17.5 Å². The van der Waals surface area contributed by atoms with E-state index < -0.39 is 23.5 Å². The Kier molecular flexibility index (Phi) is 5.39. The molecule has 0 bridgehead atoms. The van der Waals surface area contributed by atoms with Crippen molar-refractivity contribution in [2.45, 2.75) is 44.2 Å². The largest absolute Gasteiger partial charge is 0.378 e. The molecule has 20 heavy (non-hydrogen) atoms. The number of benzene rings is 1. The highest BCUT2D eigenvalue weighted by Gasteiger charge is 2.21. The minimum atomic E-state index is -1.46. The SMILES string of the molecule is NNC(CCCC1CCCO1)c1ccc(F)c(F)c1F. The third kappa shape index (κ3) is 3.50. The summed E-state index contributed by atoms with van der Waals surface area (Å²) >= 11 is 0. The number of ether oxygens (including phenoxy) is 1. The molecule has 0 radical (unpaired) electrons. The third-order valence-corrected chi connectivity index (χ3v) is 3.68. The highest BCUT2D eigenvalue weighted by molar-refractivity contribution is 5.23. The molecular formula is C14H19F3N2O. The van der Waals surface area contributed by atoms with E-state index in [1.807, 2.05) is 0 Å². The van der Waals surface area contributed by atoms with Gasteiger partial charge in [-0.15, -0.1) is 0 Å². The summed E-state index contributed by atoms with van der Waals surface area (Å²) in [6, 6.07) is 1.61. The molecular weight excluding hydrogens is 269 g/mol. The number of nitrogens with two attached hydrogens (primary N) is 1. The maximum atomic E-state index is 13.7. The maximum absolute atomic E-state index is 13.7. The van der Waals surface area contributed by atoms with E-state index >= 15 is 0 Å². The Morgan fingerprint density at radius 1 is 1.30 bits per heavy atom. The summed E-state index contributed by atoms with van der Waals surface area (Å²) < 4.78 is 45.3. The van der Waals surface area contributed by atoms with Crippen LogP contribution in [0.2, 0.25) is 0 Å². The Morgan fingerprint density at radius 2 is 2.10 bits per heavy atom. The quantitative estimate of drug-likeness (QED) is 0.480. The van der Waals surface area contributed by atoms with Crippen LogP contribution in [-0.2, 0) is 4.74 Å². The van der Waals surface area contributed by atoms with Crippen molar-refractivity contribution in [3.05, 3.63) is 35.1 Å². The molecule has 3 nitrogen and oxygen atoms in total. The maximum Gasteiger partial charge on any atom is 0.194 e. The Labute approximate surface area is 116 Å². The van der Waals surface area contributed by atoms with Crippen LogP contribution in [0.15, 0.2) is 12.1 Å². The fraction of sp³-hybridized carbons (Fsp3) is 0.571. The zero-order valence-electron chi connectivity index (χ0n) is 11.2. The first kappa shape index (κ1) is 15.3. The monoisotopic (exact) mass is 288 g/mol. The van der Waals surface area contributed by atoms with Gasteiger partial charge in [0.05, 0.1) is 6.10 Å². The van der Waals surface area contributed by atoms with Crippen molar-refractivity contribution >= 4 is 0 Å². The van der Waals surface area contributed by atoms with Crippen molar-refractivity contribution in [3.63, 3.8) is 0 Å². The average Bonchev–Trinajstić information content (AvgIpc) is 2.95. The minimum Gasteiger partial charge on any atom is -0.378 e.